The van der Waals surface area contributed by atoms with Gasteiger partial charge in [-0.2, -0.15) is 0 Å². The predicted octanol–water partition coefficient (Wildman–Crippen LogP) is 6.35. The van der Waals surface area contributed by atoms with E-state index in [1.807, 2.05) is 55.5 Å². The van der Waals surface area contributed by atoms with Crippen molar-refractivity contribution in [3.63, 3.8) is 0 Å². The number of Topliss-reactive ketones (excluding diaryl/α,β-unsaturated/α-hetero) is 1. The van der Waals surface area contributed by atoms with E-state index in [0.29, 0.717) is 23.5 Å². The van der Waals surface area contributed by atoms with Crippen molar-refractivity contribution < 1.29 is 19.4 Å². The van der Waals surface area contributed by atoms with E-state index in [0.717, 1.165) is 21.2 Å². The number of nitrogens with zero attached hydrogens (tertiary/aromatic N) is 2. The number of hydrogen-bond donors (Lipinski definition) is 1. The van der Waals surface area contributed by atoms with Gasteiger partial charge in [0.1, 0.15) is 18.1 Å². The average molecular weight is 569 g/mol. The minimum Gasteiger partial charge on any atom is -0.507 e. The van der Waals surface area contributed by atoms with E-state index >= 15 is 0 Å². The SMILES string of the molecule is Cc1cccc(COc2ccc(C(O)=C3C(=O)C(=O)N(Cc4cccnc4)C3c3cccc(Br)c3)cc2)c1. The van der Waals surface area contributed by atoms with Crippen LogP contribution in [0.4, 0.5) is 0 Å². The van der Waals surface area contributed by atoms with Crippen LogP contribution >= 0.6 is 15.9 Å². The molecule has 1 unspecified atom stereocenters. The molecule has 3 aromatic carbocycles. The number of ketones is 1. The van der Waals surface area contributed by atoms with Gasteiger partial charge in [0, 0.05) is 29.0 Å². The molecule has 1 fully saturated rings. The van der Waals surface area contributed by atoms with E-state index in [4.69, 9.17) is 4.74 Å². The molecule has 1 aliphatic heterocycles. The Morgan fingerprint density at radius 3 is 2.45 bits per heavy atom. The molecule has 1 N–H and O–H groups in total. The van der Waals surface area contributed by atoms with Gasteiger partial charge in [0.05, 0.1) is 11.6 Å². The Morgan fingerprint density at radius 1 is 0.974 bits per heavy atom. The first-order chi connectivity index (χ1) is 18.4. The first-order valence-electron chi connectivity index (χ1n) is 12.1. The van der Waals surface area contributed by atoms with Gasteiger partial charge in [0.15, 0.2) is 0 Å². The number of aromatic nitrogens is 1. The number of amides is 1. The second-order valence-electron chi connectivity index (χ2n) is 9.15. The fourth-order valence-corrected chi connectivity index (χ4v) is 5.00. The van der Waals surface area contributed by atoms with Crippen LogP contribution in [0.15, 0.2) is 107 Å². The number of aliphatic hydroxyl groups excluding tert-OH is 1. The van der Waals surface area contributed by atoms with Gasteiger partial charge in [-0.3, -0.25) is 14.6 Å². The van der Waals surface area contributed by atoms with Gasteiger partial charge in [-0.05, 0) is 66.1 Å². The lowest BCUT2D eigenvalue weighted by atomic mass is 9.95. The van der Waals surface area contributed by atoms with Crippen LogP contribution in [-0.4, -0.2) is 26.7 Å². The number of carbonyl (C=O) groups excluding carboxylic acids is 2. The molecule has 0 aliphatic carbocycles. The summed E-state index contributed by atoms with van der Waals surface area (Å²) in [7, 11) is 0. The summed E-state index contributed by atoms with van der Waals surface area (Å²) in [5.41, 5.74) is 4.18. The van der Waals surface area contributed by atoms with Crippen molar-refractivity contribution in [3.05, 3.63) is 135 Å². The van der Waals surface area contributed by atoms with Crippen LogP contribution in [0.3, 0.4) is 0 Å². The third-order valence-corrected chi connectivity index (χ3v) is 6.89. The molecular formula is C31H25BrN2O4. The fourth-order valence-electron chi connectivity index (χ4n) is 4.59. The third-order valence-electron chi connectivity index (χ3n) is 6.40. The lowest BCUT2D eigenvalue weighted by molar-refractivity contribution is -0.140. The molecule has 4 aromatic rings. The van der Waals surface area contributed by atoms with Crippen molar-refractivity contribution in [3.8, 4) is 5.75 Å². The number of aryl methyl sites for hydroxylation is 1. The lowest BCUT2D eigenvalue weighted by Gasteiger charge is -2.25. The summed E-state index contributed by atoms with van der Waals surface area (Å²) < 4.78 is 6.70. The Hall–Kier alpha value is -4.23. The minimum absolute atomic E-state index is 0.0467. The Labute approximate surface area is 229 Å². The maximum absolute atomic E-state index is 13.3. The maximum atomic E-state index is 13.3. The summed E-state index contributed by atoms with van der Waals surface area (Å²) in [6.07, 6.45) is 3.31. The van der Waals surface area contributed by atoms with Gasteiger partial charge in [-0.25, -0.2) is 0 Å². The second-order valence-corrected chi connectivity index (χ2v) is 10.1. The highest BCUT2D eigenvalue weighted by Crippen LogP contribution is 2.41. The van der Waals surface area contributed by atoms with Crippen LogP contribution in [0.2, 0.25) is 0 Å². The summed E-state index contributed by atoms with van der Waals surface area (Å²) in [6.45, 7) is 2.62. The number of benzene rings is 3. The van der Waals surface area contributed by atoms with Gasteiger partial charge in [-0.1, -0.05) is 64.0 Å². The number of rotatable bonds is 7. The van der Waals surface area contributed by atoms with Gasteiger partial charge in [0.25, 0.3) is 11.7 Å². The van der Waals surface area contributed by atoms with Crippen LogP contribution in [0.1, 0.15) is 33.9 Å². The summed E-state index contributed by atoms with van der Waals surface area (Å²) in [5.74, 6) is -0.995. The van der Waals surface area contributed by atoms with Crippen molar-refractivity contribution in [2.45, 2.75) is 26.1 Å². The van der Waals surface area contributed by atoms with E-state index in [2.05, 4.69) is 27.0 Å². The molecule has 1 amide bonds. The number of aliphatic hydroxyl groups is 1. The lowest BCUT2D eigenvalue weighted by Crippen LogP contribution is -2.29. The van der Waals surface area contributed by atoms with Crippen molar-refractivity contribution in [2.24, 2.45) is 0 Å². The number of hydrogen-bond acceptors (Lipinski definition) is 5. The Bertz CT molecular complexity index is 1520. The van der Waals surface area contributed by atoms with Crippen LogP contribution in [-0.2, 0) is 22.7 Å². The molecule has 1 aliphatic rings. The molecule has 7 heteroatoms. The summed E-state index contributed by atoms with van der Waals surface area (Å²) in [5, 5.41) is 11.3. The van der Waals surface area contributed by atoms with E-state index < -0.39 is 17.7 Å². The van der Waals surface area contributed by atoms with E-state index in [-0.39, 0.29) is 17.9 Å². The van der Waals surface area contributed by atoms with Crippen molar-refractivity contribution >= 4 is 33.4 Å². The van der Waals surface area contributed by atoms with E-state index in [1.54, 1.807) is 42.7 Å². The molecule has 1 aromatic heterocycles. The van der Waals surface area contributed by atoms with Crippen molar-refractivity contribution in [1.29, 1.82) is 0 Å². The zero-order valence-electron chi connectivity index (χ0n) is 20.7. The molecule has 1 atom stereocenters. The van der Waals surface area contributed by atoms with Gasteiger partial charge < -0.3 is 14.7 Å². The van der Waals surface area contributed by atoms with Crippen molar-refractivity contribution in [1.82, 2.24) is 9.88 Å². The number of pyridine rings is 1. The topological polar surface area (TPSA) is 79.7 Å². The molecular weight excluding hydrogens is 544 g/mol. The molecule has 5 rings (SSSR count). The molecule has 0 spiro atoms. The molecule has 6 nitrogen and oxygen atoms in total. The molecule has 1 saturated heterocycles. The van der Waals surface area contributed by atoms with Crippen LogP contribution in [0, 0.1) is 6.92 Å². The highest BCUT2D eigenvalue weighted by Gasteiger charge is 2.46. The first kappa shape index (κ1) is 25.4. The highest BCUT2D eigenvalue weighted by atomic mass is 79.9. The normalized spacial score (nSPS) is 16.6. The standard InChI is InChI=1S/C31H25BrN2O4/c1-20-5-2-6-21(15-20)19-38-26-12-10-23(11-13-26)29(35)27-28(24-8-3-9-25(32)16-24)34(31(37)30(27)36)18-22-7-4-14-33-17-22/h2-17,28,35H,18-19H2,1H3. The number of halogens is 1. The second kappa shape index (κ2) is 11.0. The molecule has 0 saturated carbocycles. The minimum atomic E-state index is -0.759. The number of carbonyl (C=O) groups is 2. The van der Waals surface area contributed by atoms with Crippen molar-refractivity contribution in [2.75, 3.05) is 0 Å². The maximum Gasteiger partial charge on any atom is 0.295 e. The highest BCUT2D eigenvalue weighted by molar-refractivity contribution is 9.10. The van der Waals surface area contributed by atoms with Gasteiger partial charge in [-0.15, -0.1) is 0 Å². The molecule has 190 valence electrons. The van der Waals surface area contributed by atoms with E-state index in [1.165, 1.54) is 4.90 Å². The van der Waals surface area contributed by atoms with Crippen LogP contribution in [0.5, 0.6) is 5.75 Å². The van der Waals surface area contributed by atoms with Gasteiger partial charge >= 0.3 is 0 Å². The number of likely N-dealkylation sites (tertiary alicyclic amines) is 1. The fraction of sp³-hybridized carbons (Fsp3) is 0.129. The summed E-state index contributed by atoms with van der Waals surface area (Å²) in [6, 6.07) is 25.2. The van der Waals surface area contributed by atoms with Crippen LogP contribution in [0.25, 0.3) is 5.76 Å². The first-order valence-corrected chi connectivity index (χ1v) is 12.9. The number of ether oxygens (including phenoxy) is 1. The predicted molar refractivity (Wildman–Crippen MR) is 148 cm³/mol. The molecule has 2 heterocycles. The Kier molecular flexibility index (Phi) is 7.38. The van der Waals surface area contributed by atoms with E-state index in [9.17, 15) is 14.7 Å². The average Bonchev–Trinajstić information content (AvgIpc) is 3.17. The Balaban J connectivity index is 1.47. The smallest absolute Gasteiger partial charge is 0.295 e. The molecule has 38 heavy (non-hydrogen) atoms. The largest absolute Gasteiger partial charge is 0.507 e. The van der Waals surface area contributed by atoms with Gasteiger partial charge in [0.2, 0.25) is 0 Å². The Morgan fingerprint density at radius 2 is 1.74 bits per heavy atom. The summed E-state index contributed by atoms with van der Waals surface area (Å²) >= 11 is 3.48. The zero-order valence-corrected chi connectivity index (χ0v) is 22.3. The quantitative estimate of drug-likeness (QED) is 0.159. The monoisotopic (exact) mass is 568 g/mol. The zero-order chi connectivity index (χ0) is 26.6. The molecule has 0 radical (unpaired) electrons. The summed E-state index contributed by atoms with van der Waals surface area (Å²) in [4.78, 5) is 32.1. The molecule has 0 bridgehead atoms. The third kappa shape index (κ3) is 5.38. The van der Waals surface area contributed by atoms with Crippen LogP contribution < -0.4 is 4.74 Å².